The molecule has 1 fully saturated rings. The maximum atomic E-state index is 12.3. The lowest BCUT2D eigenvalue weighted by Gasteiger charge is -2.34. The molecule has 21 heavy (non-hydrogen) atoms. The van der Waals surface area contributed by atoms with E-state index < -0.39 is 0 Å². The predicted octanol–water partition coefficient (Wildman–Crippen LogP) is 2.27. The number of hydrogen-bond acceptors (Lipinski definition) is 3. The molecule has 1 aliphatic heterocycles. The van der Waals surface area contributed by atoms with Gasteiger partial charge in [-0.1, -0.05) is 18.2 Å². The number of carbonyl (C=O) groups excluding carboxylic acids is 1. The first kappa shape index (κ1) is 15.8. The Kier molecular flexibility index (Phi) is 5.23. The van der Waals surface area contributed by atoms with Crippen LogP contribution >= 0.6 is 0 Å². The van der Waals surface area contributed by atoms with Crippen LogP contribution in [-0.2, 0) is 4.79 Å². The average molecular weight is 290 g/mol. The van der Waals surface area contributed by atoms with Gasteiger partial charge in [0.15, 0.2) is 6.61 Å². The SMILES string of the molecule is Cc1cccc(C)c1OCC(=O)N1CCC[C@@H]([C@H](C)N)C1. The Morgan fingerprint density at radius 2 is 2.10 bits per heavy atom. The summed E-state index contributed by atoms with van der Waals surface area (Å²) in [5.74, 6) is 1.29. The molecule has 0 radical (unpaired) electrons. The van der Waals surface area contributed by atoms with Gasteiger partial charge in [0.2, 0.25) is 0 Å². The zero-order valence-electron chi connectivity index (χ0n) is 13.3. The molecule has 1 saturated heterocycles. The molecule has 1 amide bonds. The van der Waals surface area contributed by atoms with Crippen LogP contribution in [0.4, 0.5) is 0 Å². The lowest BCUT2D eigenvalue weighted by molar-refractivity contribution is -0.135. The van der Waals surface area contributed by atoms with E-state index in [4.69, 9.17) is 10.5 Å². The van der Waals surface area contributed by atoms with Crippen LogP contribution in [0.25, 0.3) is 0 Å². The fourth-order valence-electron chi connectivity index (χ4n) is 2.92. The molecule has 2 rings (SSSR count). The van der Waals surface area contributed by atoms with E-state index >= 15 is 0 Å². The molecule has 1 aromatic rings. The van der Waals surface area contributed by atoms with Crippen molar-refractivity contribution in [2.75, 3.05) is 19.7 Å². The van der Waals surface area contributed by atoms with Crippen LogP contribution in [-0.4, -0.2) is 36.5 Å². The number of hydrogen-bond donors (Lipinski definition) is 1. The minimum atomic E-state index is 0.0583. The smallest absolute Gasteiger partial charge is 0.260 e. The van der Waals surface area contributed by atoms with E-state index in [-0.39, 0.29) is 18.6 Å². The number of aryl methyl sites for hydroxylation is 2. The summed E-state index contributed by atoms with van der Waals surface area (Å²) in [6.07, 6.45) is 2.14. The van der Waals surface area contributed by atoms with E-state index in [2.05, 4.69) is 0 Å². The van der Waals surface area contributed by atoms with Gasteiger partial charge in [-0.05, 0) is 50.7 Å². The molecule has 0 saturated carbocycles. The van der Waals surface area contributed by atoms with Gasteiger partial charge in [-0.2, -0.15) is 0 Å². The normalized spacial score (nSPS) is 20.2. The molecule has 0 bridgehead atoms. The molecule has 0 aromatic heterocycles. The Bertz CT molecular complexity index is 479. The van der Waals surface area contributed by atoms with Crippen LogP contribution in [0.5, 0.6) is 5.75 Å². The summed E-state index contributed by atoms with van der Waals surface area (Å²) in [5, 5.41) is 0. The number of carbonyl (C=O) groups is 1. The van der Waals surface area contributed by atoms with E-state index in [1.54, 1.807) is 0 Å². The molecule has 1 aromatic carbocycles. The quantitative estimate of drug-likeness (QED) is 0.925. The Morgan fingerprint density at radius 1 is 1.43 bits per heavy atom. The second kappa shape index (κ2) is 6.94. The Hall–Kier alpha value is -1.55. The van der Waals surface area contributed by atoms with Crippen molar-refractivity contribution in [1.82, 2.24) is 4.90 Å². The van der Waals surface area contributed by atoms with E-state index in [1.165, 1.54) is 0 Å². The summed E-state index contributed by atoms with van der Waals surface area (Å²) in [5.41, 5.74) is 8.09. The topological polar surface area (TPSA) is 55.6 Å². The largest absolute Gasteiger partial charge is 0.483 e. The third-order valence-corrected chi connectivity index (χ3v) is 4.30. The molecule has 2 atom stereocenters. The fraction of sp³-hybridized carbons (Fsp3) is 0.588. The van der Waals surface area contributed by atoms with Crippen molar-refractivity contribution in [3.05, 3.63) is 29.3 Å². The zero-order chi connectivity index (χ0) is 15.4. The van der Waals surface area contributed by atoms with Gasteiger partial charge < -0.3 is 15.4 Å². The summed E-state index contributed by atoms with van der Waals surface area (Å²) >= 11 is 0. The van der Waals surface area contributed by atoms with E-state index in [0.717, 1.165) is 42.8 Å². The van der Waals surface area contributed by atoms with Crippen LogP contribution in [0, 0.1) is 19.8 Å². The van der Waals surface area contributed by atoms with Crippen molar-refractivity contribution in [3.63, 3.8) is 0 Å². The third-order valence-electron chi connectivity index (χ3n) is 4.30. The van der Waals surface area contributed by atoms with E-state index in [1.807, 2.05) is 43.9 Å². The summed E-state index contributed by atoms with van der Waals surface area (Å²) in [6.45, 7) is 7.70. The average Bonchev–Trinajstić information content (AvgIpc) is 2.46. The molecule has 0 spiro atoms. The van der Waals surface area contributed by atoms with Crippen molar-refractivity contribution < 1.29 is 9.53 Å². The fourth-order valence-corrected chi connectivity index (χ4v) is 2.92. The number of ether oxygens (including phenoxy) is 1. The van der Waals surface area contributed by atoms with Crippen molar-refractivity contribution in [2.24, 2.45) is 11.7 Å². The summed E-state index contributed by atoms with van der Waals surface area (Å²) in [7, 11) is 0. The number of nitrogens with two attached hydrogens (primary N) is 1. The number of para-hydroxylation sites is 1. The number of nitrogens with zero attached hydrogens (tertiary/aromatic N) is 1. The van der Waals surface area contributed by atoms with Crippen molar-refractivity contribution in [2.45, 2.75) is 39.7 Å². The summed E-state index contributed by atoms with van der Waals surface area (Å²) in [4.78, 5) is 14.2. The molecular formula is C17H26N2O2. The molecule has 1 heterocycles. The standard InChI is InChI=1S/C17H26N2O2/c1-12-6-4-7-13(2)17(12)21-11-16(20)19-9-5-8-15(10-19)14(3)18/h4,6-7,14-15H,5,8-11,18H2,1-3H3/t14-,15+/m0/s1. The molecular weight excluding hydrogens is 264 g/mol. The lowest BCUT2D eigenvalue weighted by Crippen LogP contribution is -2.46. The molecule has 116 valence electrons. The van der Waals surface area contributed by atoms with Gasteiger partial charge in [0.1, 0.15) is 5.75 Å². The van der Waals surface area contributed by atoms with Gasteiger partial charge >= 0.3 is 0 Å². The monoisotopic (exact) mass is 290 g/mol. The minimum absolute atomic E-state index is 0.0583. The number of benzene rings is 1. The Labute approximate surface area is 127 Å². The van der Waals surface area contributed by atoms with Crippen LogP contribution < -0.4 is 10.5 Å². The van der Waals surface area contributed by atoms with Gasteiger partial charge in [0.05, 0.1) is 0 Å². The first-order valence-electron chi connectivity index (χ1n) is 7.71. The second-order valence-corrected chi connectivity index (χ2v) is 6.11. The molecule has 0 unspecified atom stereocenters. The van der Waals surface area contributed by atoms with Crippen LogP contribution in [0.2, 0.25) is 0 Å². The highest BCUT2D eigenvalue weighted by atomic mass is 16.5. The number of rotatable bonds is 4. The van der Waals surface area contributed by atoms with Gasteiger partial charge in [0.25, 0.3) is 5.91 Å². The van der Waals surface area contributed by atoms with E-state index in [9.17, 15) is 4.79 Å². The minimum Gasteiger partial charge on any atom is -0.483 e. The summed E-state index contributed by atoms with van der Waals surface area (Å²) in [6, 6.07) is 6.14. The lowest BCUT2D eigenvalue weighted by atomic mass is 9.92. The molecule has 1 aliphatic rings. The van der Waals surface area contributed by atoms with Crippen molar-refractivity contribution in [1.29, 1.82) is 0 Å². The van der Waals surface area contributed by atoms with Crippen LogP contribution in [0.3, 0.4) is 0 Å². The van der Waals surface area contributed by atoms with Gasteiger partial charge in [0, 0.05) is 19.1 Å². The third kappa shape index (κ3) is 3.97. The molecule has 4 nitrogen and oxygen atoms in total. The maximum Gasteiger partial charge on any atom is 0.260 e. The predicted molar refractivity (Wildman–Crippen MR) is 84.4 cm³/mol. The maximum absolute atomic E-state index is 12.3. The van der Waals surface area contributed by atoms with Crippen molar-refractivity contribution in [3.8, 4) is 5.75 Å². The highest BCUT2D eigenvalue weighted by molar-refractivity contribution is 5.78. The first-order chi connectivity index (χ1) is 9.99. The number of piperidine rings is 1. The molecule has 4 heteroatoms. The highest BCUT2D eigenvalue weighted by Crippen LogP contribution is 2.23. The Morgan fingerprint density at radius 3 is 2.71 bits per heavy atom. The van der Waals surface area contributed by atoms with Crippen LogP contribution in [0.1, 0.15) is 30.9 Å². The van der Waals surface area contributed by atoms with Crippen molar-refractivity contribution >= 4 is 5.91 Å². The van der Waals surface area contributed by atoms with Gasteiger partial charge in [-0.3, -0.25) is 4.79 Å². The van der Waals surface area contributed by atoms with Crippen LogP contribution in [0.15, 0.2) is 18.2 Å². The zero-order valence-corrected chi connectivity index (χ0v) is 13.3. The number of likely N-dealkylation sites (tertiary alicyclic amines) is 1. The summed E-state index contributed by atoms with van der Waals surface area (Å²) < 4.78 is 5.76. The van der Waals surface area contributed by atoms with Gasteiger partial charge in [-0.15, -0.1) is 0 Å². The Balaban J connectivity index is 1.93. The second-order valence-electron chi connectivity index (χ2n) is 6.11. The number of amides is 1. The molecule has 2 N–H and O–H groups in total. The van der Waals surface area contributed by atoms with Gasteiger partial charge in [-0.25, -0.2) is 0 Å². The highest BCUT2D eigenvalue weighted by Gasteiger charge is 2.26. The van der Waals surface area contributed by atoms with E-state index in [0.29, 0.717) is 5.92 Å². The molecule has 0 aliphatic carbocycles. The first-order valence-corrected chi connectivity index (χ1v) is 7.71.